The Morgan fingerprint density at radius 2 is 0.887 bits per heavy atom. The van der Waals surface area contributed by atoms with Crippen LogP contribution in [0, 0.1) is 0 Å². The molecule has 0 aliphatic heterocycles. The number of quaternary nitrogens is 1. The molecule has 0 saturated heterocycles. The number of phosphoric ester groups is 1. The van der Waals surface area contributed by atoms with Crippen LogP contribution in [-0.4, -0.2) is 75.6 Å². The zero-order valence-electron chi connectivity index (χ0n) is 41.6. The van der Waals surface area contributed by atoms with E-state index in [9.17, 15) is 14.3 Å². The molecule has 2 atom stereocenters. The third kappa shape index (κ3) is 49.7. The molecular formula is C53H103NO7P+. The summed E-state index contributed by atoms with van der Waals surface area (Å²) in [7, 11) is 1.67. The van der Waals surface area contributed by atoms with E-state index in [1.165, 1.54) is 167 Å². The summed E-state index contributed by atoms with van der Waals surface area (Å²) in [4.78, 5) is 23.0. The van der Waals surface area contributed by atoms with E-state index < -0.39 is 13.9 Å². The van der Waals surface area contributed by atoms with Crippen molar-refractivity contribution >= 4 is 13.8 Å². The molecule has 0 heterocycles. The Kier molecular flexibility index (Phi) is 45.3. The number of likely N-dealkylation sites (N-methyl/N-ethyl adjacent to an activating group) is 1. The van der Waals surface area contributed by atoms with Crippen molar-refractivity contribution in [3.8, 4) is 0 Å². The highest BCUT2D eigenvalue weighted by Crippen LogP contribution is 2.43. The van der Waals surface area contributed by atoms with Crippen molar-refractivity contribution in [2.24, 2.45) is 0 Å². The van der Waals surface area contributed by atoms with Crippen molar-refractivity contribution in [3.05, 3.63) is 36.5 Å². The highest BCUT2D eigenvalue weighted by Gasteiger charge is 2.26. The molecule has 0 fully saturated rings. The Morgan fingerprint density at radius 1 is 0.500 bits per heavy atom. The first-order chi connectivity index (χ1) is 30.1. The lowest BCUT2D eigenvalue weighted by atomic mass is 10.0. The molecule has 2 unspecified atom stereocenters. The summed E-state index contributed by atoms with van der Waals surface area (Å²) in [6.45, 7) is 5.63. The van der Waals surface area contributed by atoms with E-state index in [2.05, 4.69) is 50.3 Å². The van der Waals surface area contributed by atoms with Gasteiger partial charge in [0.2, 0.25) is 0 Å². The minimum atomic E-state index is -4.28. The van der Waals surface area contributed by atoms with Gasteiger partial charge >= 0.3 is 13.8 Å². The first kappa shape index (κ1) is 60.7. The van der Waals surface area contributed by atoms with Gasteiger partial charge in [0, 0.05) is 13.0 Å². The maximum Gasteiger partial charge on any atom is 0.472 e. The van der Waals surface area contributed by atoms with E-state index in [1.807, 2.05) is 21.1 Å². The first-order valence-electron chi connectivity index (χ1n) is 26.2. The minimum absolute atomic E-state index is 0.0876. The summed E-state index contributed by atoms with van der Waals surface area (Å²) in [6, 6.07) is 0. The highest BCUT2D eigenvalue weighted by atomic mass is 31.2. The van der Waals surface area contributed by atoms with Gasteiger partial charge in [-0.05, 0) is 51.4 Å². The lowest BCUT2D eigenvalue weighted by Crippen LogP contribution is -2.37. The molecule has 0 bridgehead atoms. The van der Waals surface area contributed by atoms with Gasteiger partial charge in [-0.15, -0.1) is 0 Å². The number of unbranched alkanes of at least 4 members (excludes halogenated alkanes) is 29. The number of rotatable bonds is 49. The van der Waals surface area contributed by atoms with Gasteiger partial charge in [0.15, 0.2) is 0 Å². The van der Waals surface area contributed by atoms with Crippen LogP contribution in [0.5, 0.6) is 0 Å². The maximum atomic E-state index is 12.8. The number of hydrogen-bond donors (Lipinski definition) is 1. The Bertz CT molecular complexity index is 1090. The van der Waals surface area contributed by atoms with Crippen molar-refractivity contribution in [2.45, 2.75) is 245 Å². The van der Waals surface area contributed by atoms with Crippen molar-refractivity contribution in [1.82, 2.24) is 0 Å². The van der Waals surface area contributed by atoms with Gasteiger partial charge in [-0.2, -0.15) is 0 Å². The van der Waals surface area contributed by atoms with E-state index in [-0.39, 0.29) is 25.8 Å². The number of ether oxygens (including phenoxy) is 2. The lowest BCUT2D eigenvalue weighted by Gasteiger charge is -2.24. The molecule has 8 nitrogen and oxygen atoms in total. The second kappa shape index (κ2) is 46.3. The molecule has 62 heavy (non-hydrogen) atoms. The fourth-order valence-electron chi connectivity index (χ4n) is 7.39. The van der Waals surface area contributed by atoms with Crippen LogP contribution in [0.3, 0.4) is 0 Å². The topological polar surface area (TPSA) is 91.3 Å². The molecular weight excluding hydrogens is 794 g/mol. The first-order valence-corrected chi connectivity index (χ1v) is 27.7. The van der Waals surface area contributed by atoms with E-state index in [4.69, 9.17) is 18.5 Å². The summed E-state index contributed by atoms with van der Waals surface area (Å²) < 4.78 is 35.2. The van der Waals surface area contributed by atoms with Gasteiger partial charge in [0.05, 0.1) is 34.4 Å². The highest BCUT2D eigenvalue weighted by molar-refractivity contribution is 7.47. The molecule has 1 N–H and O–H groups in total. The summed E-state index contributed by atoms with van der Waals surface area (Å²) >= 11 is 0. The molecule has 0 rings (SSSR count). The Morgan fingerprint density at radius 3 is 1.32 bits per heavy atom. The van der Waals surface area contributed by atoms with Crippen molar-refractivity contribution < 1.29 is 37.3 Å². The standard InChI is InChI=1S/C53H102NO7P/c1-6-8-10-12-14-16-18-20-22-24-26-27-28-29-31-33-35-37-39-41-43-45-48-58-50-52(51-60-62(56,57)59-49-47-54(3,4)5)61-53(55)46-44-42-40-38-36-34-32-30-25-23-21-19-17-15-13-11-9-7-2/h18,20,24,26,28-29,52H,6-17,19,21-23,25,27,30-51H2,1-5H3/p+1/b20-18-,26-24-,29-28-. The smallest absolute Gasteiger partial charge is 0.457 e. The van der Waals surface area contributed by atoms with E-state index in [0.29, 0.717) is 24.1 Å². The molecule has 0 saturated carbocycles. The second-order valence-electron chi connectivity index (χ2n) is 18.9. The molecule has 0 aromatic carbocycles. The fraction of sp³-hybridized carbons (Fsp3) is 0.868. The lowest BCUT2D eigenvalue weighted by molar-refractivity contribution is -0.870. The number of nitrogens with zero attached hydrogens (tertiary/aromatic N) is 1. The Labute approximate surface area is 385 Å². The van der Waals surface area contributed by atoms with Gasteiger partial charge in [-0.25, -0.2) is 4.57 Å². The predicted octanol–water partition coefficient (Wildman–Crippen LogP) is 16.1. The van der Waals surface area contributed by atoms with Gasteiger partial charge in [-0.1, -0.05) is 217 Å². The maximum absolute atomic E-state index is 12.8. The van der Waals surface area contributed by atoms with Gasteiger partial charge in [0.25, 0.3) is 0 Å². The second-order valence-corrected chi connectivity index (χ2v) is 20.4. The molecule has 0 radical (unpaired) electrons. The van der Waals surface area contributed by atoms with Crippen LogP contribution >= 0.6 is 7.82 Å². The number of carbonyl (C=O) groups is 1. The number of phosphoric acid groups is 1. The molecule has 0 amide bonds. The number of allylic oxidation sites excluding steroid dienone is 6. The van der Waals surface area contributed by atoms with Crippen LogP contribution in [0.1, 0.15) is 239 Å². The van der Waals surface area contributed by atoms with Crippen molar-refractivity contribution in [2.75, 3.05) is 54.1 Å². The predicted molar refractivity (Wildman–Crippen MR) is 266 cm³/mol. The van der Waals surface area contributed by atoms with Gasteiger partial charge < -0.3 is 18.9 Å². The van der Waals surface area contributed by atoms with Crippen LogP contribution in [0.2, 0.25) is 0 Å². The normalized spacial score (nSPS) is 13.8. The fourth-order valence-corrected chi connectivity index (χ4v) is 8.13. The van der Waals surface area contributed by atoms with Gasteiger partial charge in [0.1, 0.15) is 19.3 Å². The number of esters is 1. The minimum Gasteiger partial charge on any atom is -0.457 e. The average Bonchev–Trinajstić information content (AvgIpc) is 3.23. The molecule has 366 valence electrons. The third-order valence-electron chi connectivity index (χ3n) is 11.5. The van der Waals surface area contributed by atoms with Crippen molar-refractivity contribution in [3.63, 3.8) is 0 Å². The molecule has 9 heteroatoms. The monoisotopic (exact) mass is 897 g/mol. The Balaban J connectivity index is 4.14. The average molecular weight is 897 g/mol. The quantitative estimate of drug-likeness (QED) is 0.0214. The van der Waals surface area contributed by atoms with Crippen LogP contribution < -0.4 is 0 Å². The van der Waals surface area contributed by atoms with Crippen LogP contribution in [0.4, 0.5) is 0 Å². The van der Waals surface area contributed by atoms with E-state index >= 15 is 0 Å². The number of carbonyl (C=O) groups excluding carboxylic acids is 1. The van der Waals surface area contributed by atoms with Crippen LogP contribution in [-0.2, 0) is 27.9 Å². The molecule has 0 aliphatic carbocycles. The van der Waals surface area contributed by atoms with Crippen LogP contribution in [0.15, 0.2) is 36.5 Å². The largest absolute Gasteiger partial charge is 0.472 e. The zero-order chi connectivity index (χ0) is 45.5. The van der Waals surface area contributed by atoms with Crippen molar-refractivity contribution in [1.29, 1.82) is 0 Å². The van der Waals surface area contributed by atoms with E-state index in [0.717, 1.165) is 51.4 Å². The molecule has 0 aromatic rings. The molecule has 0 spiro atoms. The molecule has 0 aromatic heterocycles. The third-order valence-corrected chi connectivity index (χ3v) is 12.4. The summed E-state index contributed by atoms with van der Waals surface area (Å²) in [5, 5.41) is 0. The van der Waals surface area contributed by atoms with E-state index in [1.54, 1.807) is 0 Å². The summed E-state index contributed by atoms with van der Waals surface area (Å²) in [5.41, 5.74) is 0. The summed E-state index contributed by atoms with van der Waals surface area (Å²) in [5.74, 6) is -0.313. The Hall–Kier alpha value is -1.28. The van der Waals surface area contributed by atoms with Gasteiger partial charge in [-0.3, -0.25) is 13.8 Å². The zero-order valence-corrected chi connectivity index (χ0v) is 42.5. The number of hydrogen-bond acceptors (Lipinski definition) is 6. The SMILES string of the molecule is CCCCCCC/C=C\C/C=C\C/C=C\CCCCCCCCCOCC(COP(=O)(O)OCC[N+](C)(C)C)OC(=O)CCCCCCCCCCCCCCCCCCCC. The summed E-state index contributed by atoms with van der Waals surface area (Å²) in [6.07, 6.45) is 56.1. The molecule has 0 aliphatic rings. The van der Waals surface area contributed by atoms with Crippen LogP contribution in [0.25, 0.3) is 0 Å².